The first-order valence-corrected chi connectivity index (χ1v) is 11.0. The predicted molar refractivity (Wildman–Crippen MR) is 108 cm³/mol. The molecule has 0 rings (SSSR count). The van der Waals surface area contributed by atoms with Crippen molar-refractivity contribution in [3.8, 4) is 6.26 Å². The summed E-state index contributed by atoms with van der Waals surface area (Å²) in [5, 5.41) is 9.34. The van der Waals surface area contributed by atoms with Gasteiger partial charge in [-0.15, -0.1) is 0 Å². The summed E-state index contributed by atoms with van der Waals surface area (Å²) in [6.45, 7) is 11.6. The van der Waals surface area contributed by atoms with E-state index in [-0.39, 0.29) is 0 Å². The first-order chi connectivity index (χ1) is 12.6. The van der Waals surface area contributed by atoms with Crippen LogP contribution < -0.4 is 0 Å². The molecule has 26 heavy (non-hydrogen) atoms. The maximum Gasteiger partial charge on any atom is 0.289 e. The first-order valence-electron chi connectivity index (χ1n) is 11.0. The van der Waals surface area contributed by atoms with Crippen LogP contribution in [0.15, 0.2) is 0 Å². The SMILES string of the molecule is CCCCCCCCCCC(OC#N)(OCC)C(CC)(CCC)OCC. The van der Waals surface area contributed by atoms with Crippen LogP contribution in [0, 0.1) is 11.5 Å². The van der Waals surface area contributed by atoms with E-state index in [1.807, 2.05) is 20.1 Å². The minimum absolute atomic E-state index is 0.511. The number of hydrogen-bond donors (Lipinski definition) is 0. The molecule has 0 aromatic heterocycles. The molecule has 0 heterocycles. The van der Waals surface area contributed by atoms with Crippen LogP contribution in [0.1, 0.15) is 112 Å². The van der Waals surface area contributed by atoms with E-state index in [4.69, 9.17) is 14.2 Å². The van der Waals surface area contributed by atoms with Crippen LogP contribution in [0.3, 0.4) is 0 Å². The van der Waals surface area contributed by atoms with E-state index in [0.29, 0.717) is 19.6 Å². The van der Waals surface area contributed by atoms with Crippen molar-refractivity contribution in [3.63, 3.8) is 0 Å². The van der Waals surface area contributed by atoms with Crippen LogP contribution in [-0.2, 0) is 14.2 Å². The molecule has 0 aromatic rings. The molecule has 0 spiro atoms. The van der Waals surface area contributed by atoms with Gasteiger partial charge in [0, 0.05) is 19.6 Å². The second kappa shape index (κ2) is 15.3. The summed E-state index contributed by atoms with van der Waals surface area (Å²) in [6, 6.07) is 0. The molecular weight excluding hydrogens is 326 g/mol. The summed E-state index contributed by atoms with van der Waals surface area (Å²) in [6.07, 6.45) is 15.2. The molecule has 4 heteroatoms. The molecule has 154 valence electrons. The number of unbranched alkanes of at least 4 members (excludes halogenated alkanes) is 7. The van der Waals surface area contributed by atoms with Gasteiger partial charge in [-0.05, 0) is 33.1 Å². The Labute approximate surface area is 162 Å². The maximum absolute atomic E-state index is 9.34. The normalized spacial score (nSPS) is 15.8. The third-order valence-electron chi connectivity index (χ3n) is 5.29. The summed E-state index contributed by atoms with van der Waals surface area (Å²) >= 11 is 0. The van der Waals surface area contributed by atoms with Gasteiger partial charge in [-0.25, -0.2) is 0 Å². The van der Waals surface area contributed by atoms with Gasteiger partial charge in [-0.1, -0.05) is 72.1 Å². The zero-order valence-corrected chi connectivity index (χ0v) is 18.1. The van der Waals surface area contributed by atoms with E-state index in [2.05, 4.69) is 20.8 Å². The molecule has 0 aliphatic heterocycles. The first kappa shape index (κ1) is 25.2. The lowest BCUT2D eigenvalue weighted by atomic mass is 9.81. The summed E-state index contributed by atoms with van der Waals surface area (Å²) in [5.74, 6) is -0.973. The van der Waals surface area contributed by atoms with E-state index in [0.717, 1.165) is 32.1 Å². The average Bonchev–Trinajstić information content (AvgIpc) is 2.63. The monoisotopic (exact) mass is 369 g/mol. The van der Waals surface area contributed by atoms with E-state index < -0.39 is 11.4 Å². The van der Waals surface area contributed by atoms with E-state index >= 15 is 0 Å². The van der Waals surface area contributed by atoms with Crippen LogP contribution in [0.25, 0.3) is 0 Å². The van der Waals surface area contributed by atoms with Crippen molar-refractivity contribution < 1.29 is 14.2 Å². The second-order valence-corrected chi connectivity index (χ2v) is 7.14. The molecule has 0 aliphatic carbocycles. The zero-order chi connectivity index (χ0) is 19.7. The Balaban J connectivity index is 4.97. The Hall–Kier alpha value is -0.790. The molecule has 0 radical (unpaired) electrons. The molecule has 0 amide bonds. The van der Waals surface area contributed by atoms with Crippen molar-refractivity contribution in [1.82, 2.24) is 0 Å². The molecule has 0 saturated carbocycles. The van der Waals surface area contributed by atoms with Gasteiger partial charge >= 0.3 is 0 Å². The lowest BCUT2D eigenvalue weighted by Gasteiger charge is -2.47. The van der Waals surface area contributed by atoms with E-state index in [9.17, 15) is 5.26 Å². The molecular formula is C22H43NO3. The second-order valence-electron chi connectivity index (χ2n) is 7.14. The van der Waals surface area contributed by atoms with Crippen molar-refractivity contribution in [2.45, 2.75) is 123 Å². The van der Waals surface area contributed by atoms with E-state index in [1.54, 1.807) is 0 Å². The van der Waals surface area contributed by atoms with Gasteiger partial charge in [0.1, 0.15) is 5.60 Å². The van der Waals surface area contributed by atoms with Crippen molar-refractivity contribution in [2.75, 3.05) is 13.2 Å². The molecule has 4 nitrogen and oxygen atoms in total. The van der Waals surface area contributed by atoms with Crippen LogP contribution in [0.4, 0.5) is 0 Å². The highest BCUT2D eigenvalue weighted by atomic mass is 16.7. The van der Waals surface area contributed by atoms with E-state index in [1.165, 1.54) is 38.5 Å². The fourth-order valence-corrected chi connectivity index (χ4v) is 4.00. The van der Waals surface area contributed by atoms with Crippen LogP contribution >= 0.6 is 0 Å². The third-order valence-corrected chi connectivity index (χ3v) is 5.29. The van der Waals surface area contributed by atoms with Gasteiger partial charge in [0.05, 0.1) is 0 Å². The summed E-state index contributed by atoms with van der Waals surface area (Å²) in [5.41, 5.74) is -0.566. The molecule has 0 saturated heterocycles. The Kier molecular flexibility index (Phi) is 14.8. The highest BCUT2D eigenvalue weighted by molar-refractivity contribution is 4.97. The van der Waals surface area contributed by atoms with Gasteiger partial charge in [-0.2, -0.15) is 5.26 Å². The van der Waals surface area contributed by atoms with Crippen molar-refractivity contribution in [3.05, 3.63) is 0 Å². The highest BCUT2D eigenvalue weighted by Gasteiger charge is 2.54. The number of hydrogen-bond acceptors (Lipinski definition) is 4. The van der Waals surface area contributed by atoms with Crippen LogP contribution in [0.5, 0.6) is 0 Å². The Morgan fingerprint density at radius 2 is 1.27 bits per heavy atom. The fraction of sp³-hybridized carbons (Fsp3) is 0.955. The number of nitriles is 1. The fourth-order valence-electron chi connectivity index (χ4n) is 4.00. The van der Waals surface area contributed by atoms with Gasteiger partial charge in [-0.3, -0.25) is 0 Å². The largest absolute Gasteiger partial charge is 0.389 e. The average molecular weight is 370 g/mol. The number of nitrogens with zero attached hydrogens (tertiary/aromatic N) is 1. The molecule has 2 atom stereocenters. The topological polar surface area (TPSA) is 51.5 Å². The smallest absolute Gasteiger partial charge is 0.289 e. The molecule has 0 aliphatic rings. The molecule has 0 fully saturated rings. The van der Waals surface area contributed by atoms with Crippen LogP contribution in [-0.4, -0.2) is 24.6 Å². The summed E-state index contributed by atoms with van der Waals surface area (Å²) in [7, 11) is 0. The van der Waals surface area contributed by atoms with Gasteiger partial charge < -0.3 is 14.2 Å². The Morgan fingerprint density at radius 3 is 1.73 bits per heavy atom. The number of ether oxygens (including phenoxy) is 3. The Bertz CT molecular complexity index is 361. The Morgan fingerprint density at radius 1 is 0.692 bits per heavy atom. The van der Waals surface area contributed by atoms with Crippen molar-refractivity contribution >= 4 is 0 Å². The molecule has 0 N–H and O–H groups in total. The van der Waals surface area contributed by atoms with Crippen LogP contribution in [0.2, 0.25) is 0 Å². The minimum Gasteiger partial charge on any atom is -0.389 e. The molecule has 0 aromatic carbocycles. The molecule has 0 bridgehead atoms. The van der Waals surface area contributed by atoms with Crippen molar-refractivity contribution in [2.24, 2.45) is 0 Å². The summed E-state index contributed by atoms with van der Waals surface area (Å²) < 4.78 is 18.0. The highest BCUT2D eigenvalue weighted by Crippen LogP contribution is 2.42. The van der Waals surface area contributed by atoms with Crippen molar-refractivity contribution in [1.29, 1.82) is 5.26 Å². The van der Waals surface area contributed by atoms with Gasteiger partial charge in [0.25, 0.3) is 12.0 Å². The van der Waals surface area contributed by atoms with Gasteiger partial charge in [0.15, 0.2) is 0 Å². The molecule has 2 unspecified atom stereocenters. The lowest BCUT2D eigenvalue weighted by Crippen LogP contribution is -2.58. The zero-order valence-electron chi connectivity index (χ0n) is 18.1. The predicted octanol–water partition coefficient (Wildman–Crippen LogP) is 6.73. The quantitative estimate of drug-likeness (QED) is 0.153. The lowest BCUT2D eigenvalue weighted by molar-refractivity contribution is -0.315. The number of rotatable bonds is 18. The maximum atomic E-state index is 9.34. The van der Waals surface area contributed by atoms with Gasteiger partial charge in [0.2, 0.25) is 0 Å². The minimum atomic E-state index is -0.973. The third kappa shape index (κ3) is 7.84. The summed E-state index contributed by atoms with van der Waals surface area (Å²) in [4.78, 5) is 0. The standard InChI is InChI=1S/C22H43NO3/c1-6-11-12-13-14-15-16-17-19-22(25-10-5,26-20-23)21(8-3,18-7-2)24-9-4/h6-19H2,1-5H3.